The maximum Gasteiger partial charge on any atom is 0.263 e. The molecule has 1 fully saturated rings. The number of carbonyl (C=O) groups excluding carboxylic acids is 2. The molecule has 0 radical (unpaired) electrons. The summed E-state index contributed by atoms with van der Waals surface area (Å²) in [5.41, 5.74) is 0.668. The summed E-state index contributed by atoms with van der Waals surface area (Å²) in [6, 6.07) is 10.7. The molecule has 2 aromatic rings. The van der Waals surface area contributed by atoms with Gasteiger partial charge < -0.3 is 25.3 Å². The quantitative estimate of drug-likeness (QED) is 0.598. The van der Waals surface area contributed by atoms with Crippen molar-refractivity contribution in [2.24, 2.45) is 0 Å². The molecule has 8 nitrogen and oxygen atoms in total. The summed E-state index contributed by atoms with van der Waals surface area (Å²) in [6.45, 7) is 2.98. The first-order valence-electron chi connectivity index (χ1n) is 9.69. The summed E-state index contributed by atoms with van der Waals surface area (Å²) in [5.74, 6) is -0.853. The molecule has 3 rings (SSSR count). The molecule has 0 spiro atoms. The molecule has 0 saturated carbocycles. The third-order valence-electron chi connectivity index (χ3n) is 4.77. The largest absolute Gasteiger partial charge is 0.376 e. The van der Waals surface area contributed by atoms with Crippen molar-refractivity contribution < 1.29 is 14.3 Å². The van der Waals surface area contributed by atoms with Crippen LogP contribution in [0.3, 0.4) is 0 Å². The molecule has 9 heteroatoms. The van der Waals surface area contributed by atoms with E-state index in [0.29, 0.717) is 19.6 Å². The number of rotatable bonds is 7. The molecular weight excluding hydrogens is 408 g/mol. The minimum Gasteiger partial charge on any atom is -0.376 e. The van der Waals surface area contributed by atoms with Crippen LogP contribution in [-0.2, 0) is 11.3 Å². The van der Waals surface area contributed by atoms with E-state index in [1.54, 1.807) is 0 Å². The minimum atomic E-state index is -0.520. The number of amides is 2. The van der Waals surface area contributed by atoms with E-state index >= 15 is 0 Å². The van der Waals surface area contributed by atoms with Crippen LogP contribution < -0.4 is 21.5 Å². The van der Waals surface area contributed by atoms with Gasteiger partial charge in [-0.05, 0) is 18.1 Å². The summed E-state index contributed by atoms with van der Waals surface area (Å²) in [4.78, 5) is 37.5. The average molecular weight is 435 g/mol. The molecule has 1 atom stereocenters. The highest BCUT2D eigenvalue weighted by Gasteiger charge is 2.18. The number of hydrogen-bond donors (Lipinski definition) is 3. The van der Waals surface area contributed by atoms with Gasteiger partial charge in [0.25, 0.3) is 17.4 Å². The Morgan fingerprint density at radius 2 is 2.00 bits per heavy atom. The highest BCUT2D eigenvalue weighted by atomic mass is 35.5. The Balaban J connectivity index is 0.00000320. The van der Waals surface area contributed by atoms with Gasteiger partial charge in [0.2, 0.25) is 0 Å². The Hall–Kier alpha value is -2.68. The lowest BCUT2D eigenvalue weighted by molar-refractivity contribution is 0.0239. The number of halogens is 1. The van der Waals surface area contributed by atoms with Gasteiger partial charge in [-0.1, -0.05) is 30.3 Å². The first kappa shape index (κ1) is 23.6. The summed E-state index contributed by atoms with van der Waals surface area (Å²) in [6.07, 6.45) is 2.25. The number of ether oxygens (including phenoxy) is 1. The molecule has 1 aromatic carbocycles. The molecule has 1 aliphatic rings. The first-order valence-corrected chi connectivity index (χ1v) is 9.69. The van der Waals surface area contributed by atoms with Crippen LogP contribution in [0.5, 0.6) is 0 Å². The molecule has 2 amide bonds. The van der Waals surface area contributed by atoms with Gasteiger partial charge in [-0.3, -0.25) is 14.4 Å². The summed E-state index contributed by atoms with van der Waals surface area (Å²) in [7, 11) is 1.45. The third kappa shape index (κ3) is 6.16. The minimum absolute atomic E-state index is 0. The molecule has 30 heavy (non-hydrogen) atoms. The number of morpholine rings is 1. The standard InChI is InChI=1S/C21H26N4O4.ClH/c1-22-20(27)18-11-16(19(26)24-8-7-17-12-23-9-10-29-17)14-25(21(18)28)13-15-5-3-2-4-6-15;/h2-6,11,14,17,23H,7-10,12-13H2,1H3,(H,22,27)(H,24,26);1H. The molecule has 3 N–H and O–H groups in total. The van der Waals surface area contributed by atoms with Gasteiger partial charge in [-0.15, -0.1) is 12.4 Å². The van der Waals surface area contributed by atoms with Crippen molar-refractivity contribution in [2.75, 3.05) is 33.3 Å². The normalized spacial score (nSPS) is 15.7. The zero-order valence-electron chi connectivity index (χ0n) is 16.8. The van der Waals surface area contributed by atoms with E-state index in [0.717, 1.165) is 18.7 Å². The predicted molar refractivity (Wildman–Crippen MR) is 116 cm³/mol. The second kappa shape index (κ2) is 11.5. The van der Waals surface area contributed by atoms with Crippen molar-refractivity contribution in [3.63, 3.8) is 0 Å². The Labute approximate surface area is 181 Å². The lowest BCUT2D eigenvalue weighted by Crippen LogP contribution is -2.40. The van der Waals surface area contributed by atoms with Gasteiger partial charge in [0, 0.05) is 32.9 Å². The van der Waals surface area contributed by atoms with Crippen molar-refractivity contribution in [1.29, 1.82) is 0 Å². The number of nitrogens with one attached hydrogen (secondary N) is 3. The maximum absolute atomic E-state index is 12.7. The fraction of sp³-hybridized carbons (Fsp3) is 0.381. The monoisotopic (exact) mass is 434 g/mol. The van der Waals surface area contributed by atoms with E-state index in [9.17, 15) is 14.4 Å². The number of benzene rings is 1. The van der Waals surface area contributed by atoms with Crippen LogP contribution in [0.1, 0.15) is 32.7 Å². The molecule has 2 heterocycles. The van der Waals surface area contributed by atoms with Crippen LogP contribution in [0.15, 0.2) is 47.4 Å². The Bertz CT molecular complexity index is 911. The Morgan fingerprint density at radius 1 is 1.23 bits per heavy atom. The number of pyridine rings is 1. The number of nitrogens with zero attached hydrogens (tertiary/aromatic N) is 1. The first-order chi connectivity index (χ1) is 14.1. The van der Waals surface area contributed by atoms with Gasteiger partial charge >= 0.3 is 0 Å². The predicted octanol–water partition coefficient (Wildman–Crippen LogP) is 0.786. The number of hydrogen-bond acceptors (Lipinski definition) is 5. The topological polar surface area (TPSA) is 101 Å². The van der Waals surface area contributed by atoms with E-state index in [1.165, 1.54) is 23.9 Å². The lowest BCUT2D eigenvalue weighted by Gasteiger charge is -2.23. The highest BCUT2D eigenvalue weighted by Crippen LogP contribution is 2.06. The van der Waals surface area contributed by atoms with Crippen molar-refractivity contribution in [1.82, 2.24) is 20.5 Å². The molecule has 1 saturated heterocycles. The van der Waals surface area contributed by atoms with Crippen LogP contribution in [0.2, 0.25) is 0 Å². The van der Waals surface area contributed by atoms with Crippen LogP contribution in [0, 0.1) is 0 Å². The van der Waals surface area contributed by atoms with Gasteiger partial charge in [0.05, 0.1) is 24.8 Å². The SMILES string of the molecule is CNC(=O)c1cc(C(=O)NCCC2CNCCO2)cn(Cc2ccccc2)c1=O.Cl. The molecule has 1 aliphatic heterocycles. The van der Waals surface area contributed by atoms with Crippen LogP contribution in [-0.4, -0.2) is 55.8 Å². The van der Waals surface area contributed by atoms with Gasteiger partial charge in [-0.2, -0.15) is 0 Å². The van der Waals surface area contributed by atoms with Gasteiger partial charge in [0.15, 0.2) is 0 Å². The van der Waals surface area contributed by atoms with E-state index in [1.807, 2.05) is 30.3 Å². The second-order valence-electron chi connectivity index (χ2n) is 6.88. The van der Waals surface area contributed by atoms with Crippen molar-refractivity contribution in [3.8, 4) is 0 Å². The lowest BCUT2D eigenvalue weighted by atomic mass is 10.1. The number of carbonyl (C=O) groups is 2. The zero-order chi connectivity index (χ0) is 20.6. The second-order valence-corrected chi connectivity index (χ2v) is 6.88. The van der Waals surface area contributed by atoms with Crippen LogP contribution in [0.4, 0.5) is 0 Å². The van der Waals surface area contributed by atoms with E-state index in [4.69, 9.17) is 4.74 Å². The zero-order valence-corrected chi connectivity index (χ0v) is 17.7. The maximum atomic E-state index is 12.7. The molecule has 1 unspecified atom stereocenters. The van der Waals surface area contributed by atoms with E-state index < -0.39 is 11.5 Å². The summed E-state index contributed by atoms with van der Waals surface area (Å²) in [5, 5.41) is 8.55. The van der Waals surface area contributed by atoms with Crippen LogP contribution in [0.25, 0.3) is 0 Å². The van der Waals surface area contributed by atoms with Gasteiger partial charge in [0.1, 0.15) is 5.56 Å². The van der Waals surface area contributed by atoms with Gasteiger partial charge in [-0.25, -0.2) is 0 Å². The number of aromatic nitrogens is 1. The summed E-state index contributed by atoms with van der Waals surface area (Å²) >= 11 is 0. The molecule has 162 valence electrons. The summed E-state index contributed by atoms with van der Waals surface area (Å²) < 4.78 is 7.01. The van der Waals surface area contributed by atoms with Crippen molar-refractivity contribution >= 4 is 24.2 Å². The molecular formula is C21H27ClN4O4. The van der Waals surface area contributed by atoms with E-state index in [-0.39, 0.29) is 42.1 Å². The average Bonchev–Trinajstić information content (AvgIpc) is 2.76. The fourth-order valence-corrected chi connectivity index (χ4v) is 3.21. The third-order valence-corrected chi connectivity index (χ3v) is 4.77. The van der Waals surface area contributed by atoms with E-state index in [2.05, 4.69) is 16.0 Å². The highest BCUT2D eigenvalue weighted by molar-refractivity contribution is 5.99. The van der Waals surface area contributed by atoms with Crippen molar-refractivity contribution in [3.05, 3.63) is 69.6 Å². The Morgan fingerprint density at radius 3 is 2.67 bits per heavy atom. The van der Waals surface area contributed by atoms with Crippen LogP contribution >= 0.6 is 12.4 Å². The fourth-order valence-electron chi connectivity index (χ4n) is 3.21. The molecule has 0 bridgehead atoms. The molecule has 1 aromatic heterocycles. The molecule has 0 aliphatic carbocycles. The Kier molecular flexibility index (Phi) is 9.04. The smallest absolute Gasteiger partial charge is 0.263 e. The van der Waals surface area contributed by atoms with Crippen molar-refractivity contribution in [2.45, 2.75) is 19.1 Å².